The molecule has 2 aromatic heterocycles. The number of nitrogens with zero attached hydrogens (tertiary/aromatic N) is 3. The van der Waals surface area contributed by atoms with Crippen LogP contribution in [0.1, 0.15) is 19.4 Å². The van der Waals surface area contributed by atoms with E-state index in [4.69, 9.17) is 27.1 Å². The molecule has 0 saturated carbocycles. The van der Waals surface area contributed by atoms with Crippen molar-refractivity contribution in [2.24, 2.45) is 10.7 Å². The molecule has 0 amide bonds. The van der Waals surface area contributed by atoms with Gasteiger partial charge in [0.05, 0.1) is 16.6 Å². The van der Waals surface area contributed by atoms with Gasteiger partial charge < -0.3 is 15.5 Å². The van der Waals surface area contributed by atoms with Crippen LogP contribution in [0.25, 0.3) is 33.3 Å². The highest BCUT2D eigenvalue weighted by Crippen LogP contribution is 2.31. The normalized spacial score (nSPS) is 12.1. The van der Waals surface area contributed by atoms with Crippen LogP contribution >= 0.6 is 11.6 Å². The number of pyridine rings is 1. The lowest BCUT2D eigenvalue weighted by molar-refractivity contribution is 0.488. The fourth-order valence-electron chi connectivity index (χ4n) is 3.65. The summed E-state index contributed by atoms with van der Waals surface area (Å²) in [5, 5.41) is 1.55. The number of nitrogens with one attached hydrogen (secondary N) is 1. The number of imidazole rings is 1. The lowest BCUT2D eigenvalue weighted by atomic mass is 10.2. The van der Waals surface area contributed by atoms with Crippen molar-refractivity contribution < 1.29 is 4.74 Å². The van der Waals surface area contributed by atoms with E-state index >= 15 is 0 Å². The molecule has 0 spiro atoms. The van der Waals surface area contributed by atoms with Gasteiger partial charge in [-0.1, -0.05) is 11.6 Å². The predicted octanol–water partition coefficient (Wildman–Crippen LogP) is 6.34. The van der Waals surface area contributed by atoms with E-state index in [9.17, 15) is 0 Å². The van der Waals surface area contributed by atoms with E-state index in [0.29, 0.717) is 10.9 Å². The Labute approximate surface area is 196 Å². The second-order valence-electron chi connectivity index (χ2n) is 8.02. The fourth-order valence-corrected chi connectivity index (χ4v) is 3.82. The van der Waals surface area contributed by atoms with Gasteiger partial charge >= 0.3 is 0 Å². The number of aromatic amines is 1. The van der Waals surface area contributed by atoms with Crippen LogP contribution in [0, 0.1) is 0 Å². The number of benzene rings is 3. The second kappa shape index (κ2) is 8.56. The maximum Gasteiger partial charge on any atom is 0.138 e. The Morgan fingerprint density at radius 1 is 1.00 bits per heavy atom. The number of aromatic nitrogens is 3. The van der Waals surface area contributed by atoms with Crippen molar-refractivity contribution in [3.63, 3.8) is 0 Å². The minimum atomic E-state index is 0.140. The molecule has 2 heterocycles. The largest absolute Gasteiger partial charge is 0.457 e. The van der Waals surface area contributed by atoms with Crippen LogP contribution in [0.5, 0.6) is 11.5 Å². The Kier molecular flexibility index (Phi) is 5.44. The SMILES string of the molecule is CC(C)N=C(N)c1ccc2nc(-c3ccc(Oc4ccnc5cc(Cl)ccc45)cc3)[nH]c2c1. The van der Waals surface area contributed by atoms with Crippen LogP contribution < -0.4 is 10.5 Å². The molecule has 0 aliphatic rings. The van der Waals surface area contributed by atoms with Crippen LogP contribution in [-0.2, 0) is 0 Å². The number of amidine groups is 1. The number of H-pyrrole nitrogens is 1. The summed E-state index contributed by atoms with van der Waals surface area (Å²) in [6.07, 6.45) is 1.71. The fraction of sp³-hybridized carbons (Fsp3) is 0.115. The van der Waals surface area contributed by atoms with E-state index in [2.05, 4.69) is 15.0 Å². The number of fused-ring (bicyclic) bond motifs is 2. The summed E-state index contributed by atoms with van der Waals surface area (Å²) in [4.78, 5) is 16.9. The van der Waals surface area contributed by atoms with Gasteiger partial charge in [0.1, 0.15) is 23.2 Å². The minimum absolute atomic E-state index is 0.140. The van der Waals surface area contributed by atoms with Gasteiger partial charge in [-0.2, -0.15) is 0 Å². The van der Waals surface area contributed by atoms with Gasteiger partial charge in [-0.3, -0.25) is 9.98 Å². The molecule has 0 fully saturated rings. The van der Waals surface area contributed by atoms with Gasteiger partial charge in [-0.25, -0.2) is 4.98 Å². The summed E-state index contributed by atoms with van der Waals surface area (Å²) in [5.41, 5.74) is 10.5. The van der Waals surface area contributed by atoms with Gasteiger partial charge in [0.15, 0.2) is 0 Å². The maximum absolute atomic E-state index is 6.12. The third kappa shape index (κ3) is 4.38. The van der Waals surface area contributed by atoms with Crippen molar-refractivity contribution in [3.8, 4) is 22.9 Å². The van der Waals surface area contributed by atoms with Crippen molar-refractivity contribution in [2.75, 3.05) is 0 Å². The number of nitrogens with two attached hydrogens (primary N) is 1. The van der Waals surface area contributed by atoms with Crippen LogP contribution in [0.4, 0.5) is 0 Å². The van der Waals surface area contributed by atoms with Crippen molar-refractivity contribution in [1.29, 1.82) is 0 Å². The first-order valence-corrected chi connectivity index (χ1v) is 11.0. The quantitative estimate of drug-likeness (QED) is 0.239. The minimum Gasteiger partial charge on any atom is -0.457 e. The molecule has 0 aliphatic heterocycles. The van der Waals surface area contributed by atoms with E-state index in [1.165, 1.54) is 0 Å². The molecule has 0 bridgehead atoms. The molecule has 3 N–H and O–H groups in total. The lowest BCUT2D eigenvalue weighted by Crippen LogP contribution is -2.15. The molecule has 7 heteroatoms. The van der Waals surface area contributed by atoms with E-state index in [0.717, 1.165) is 50.4 Å². The standard InChI is InChI=1S/C26H22ClN5O/c1-15(2)30-25(28)17-5-10-21-23(13-17)32-26(31-21)16-3-7-19(8-4-16)33-24-11-12-29-22-14-18(27)6-9-20(22)24/h3-15H,1-2H3,(H2,28,30)(H,31,32). The smallest absolute Gasteiger partial charge is 0.138 e. The highest BCUT2D eigenvalue weighted by atomic mass is 35.5. The third-order valence-corrected chi connectivity index (χ3v) is 5.43. The highest BCUT2D eigenvalue weighted by molar-refractivity contribution is 6.31. The summed E-state index contributed by atoms with van der Waals surface area (Å²) in [6.45, 7) is 4.00. The first-order chi connectivity index (χ1) is 16.0. The first-order valence-electron chi connectivity index (χ1n) is 10.6. The average Bonchev–Trinajstić information content (AvgIpc) is 3.22. The number of hydrogen-bond donors (Lipinski definition) is 2. The van der Waals surface area contributed by atoms with E-state index in [1.54, 1.807) is 6.20 Å². The zero-order valence-electron chi connectivity index (χ0n) is 18.2. The summed E-state index contributed by atoms with van der Waals surface area (Å²) >= 11 is 6.08. The Hall–Kier alpha value is -3.90. The van der Waals surface area contributed by atoms with E-state index in [-0.39, 0.29) is 6.04 Å². The molecule has 5 aromatic rings. The Morgan fingerprint density at radius 3 is 2.61 bits per heavy atom. The number of halogens is 1. The van der Waals surface area contributed by atoms with Gasteiger partial charge in [-0.05, 0) is 80.6 Å². The van der Waals surface area contributed by atoms with Crippen LogP contribution in [-0.4, -0.2) is 26.8 Å². The number of aliphatic imine (C=N–C) groups is 1. The molecule has 0 aliphatic carbocycles. The van der Waals surface area contributed by atoms with Gasteiger partial charge in [0.2, 0.25) is 0 Å². The molecule has 6 nitrogen and oxygen atoms in total. The summed E-state index contributed by atoms with van der Waals surface area (Å²) in [7, 11) is 0. The Morgan fingerprint density at radius 2 is 1.82 bits per heavy atom. The highest BCUT2D eigenvalue weighted by Gasteiger charge is 2.10. The van der Waals surface area contributed by atoms with Crippen molar-refractivity contribution in [2.45, 2.75) is 19.9 Å². The monoisotopic (exact) mass is 455 g/mol. The van der Waals surface area contributed by atoms with Crippen molar-refractivity contribution >= 4 is 39.4 Å². The number of rotatable bonds is 5. The zero-order chi connectivity index (χ0) is 22.9. The molecule has 164 valence electrons. The predicted molar refractivity (Wildman–Crippen MR) is 134 cm³/mol. The van der Waals surface area contributed by atoms with Crippen LogP contribution in [0.15, 0.2) is 77.9 Å². The molecule has 0 radical (unpaired) electrons. The third-order valence-electron chi connectivity index (χ3n) is 5.20. The topological polar surface area (TPSA) is 89.2 Å². The molecule has 3 aromatic carbocycles. The molecule has 0 saturated heterocycles. The van der Waals surface area contributed by atoms with E-state index in [1.807, 2.05) is 80.6 Å². The summed E-state index contributed by atoms with van der Waals surface area (Å²) < 4.78 is 6.11. The Balaban J connectivity index is 1.40. The zero-order valence-corrected chi connectivity index (χ0v) is 19.0. The maximum atomic E-state index is 6.12. The van der Waals surface area contributed by atoms with Gasteiger partial charge in [0.25, 0.3) is 0 Å². The van der Waals surface area contributed by atoms with Crippen molar-refractivity contribution in [1.82, 2.24) is 15.0 Å². The summed E-state index contributed by atoms with van der Waals surface area (Å²) in [6, 6.07) is 21.2. The van der Waals surface area contributed by atoms with Gasteiger partial charge in [-0.15, -0.1) is 0 Å². The van der Waals surface area contributed by atoms with Gasteiger partial charge in [0, 0.05) is 33.8 Å². The molecular formula is C26H22ClN5O. The van der Waals surface area contributed by atoms with Crippen molar-refractivity contribution in [3.05, 3.63) is 83.5 Å². The molecule has 0 atom stereocenters. The Bertz CT molecular complexity index is 1490. The van der Waals surface area contributed by atoms with Crippen LogP contribution in [0.2, 0.25) is 5.02 Å². The number of hydrogen-bond acceptors (Lipinski definition) is 4. The molecule has 5 rings (SSSR count). The number of ether oxygens (including phenoxy) is 1. The molecule has 33 heavy (non-hydrogen) atoms. The first kappa shape index (κ1) is 21.0. The molecule has 0 unspecified atom stereocenters. The average molecular weight is 456 g/mol. The molecular weight excluding hydrogens is 434 g/mol. The second-order valence-corrected chi connectivity index (χ2v) is 8.46. The van der Waals surface area contributed by atoms with E-state index < -0.39 is 0 Å². The summed E-state index contributed by atoms with van der Waals surface area (Å²) in [5.74, 6) is 2.74. The lowest BCUT2D eigenvalue weighted by Gasteiger charge is -2.09. The van der Waals surface area contributed by atoms with Crippen LogP contribution in [0.3, 0.4) is 0 Å².